The highest BCUT2D eigenvalue weighted by Crippen LogP contribution is 2.23. The van der Waals surface area contributed by atoms with Crippen molar-refractivity contribution < 1.29 is 14.6 Å². The molecule has 0 aliphatic rings. The molecule has 0 heterocycles. The Kier molecular flexibility index (Phi) is 5.25. The number of hydrogen-bond donors (Lipinski definition) is 2. The zero-order valence-corrected chi connectivity index (χ0v) is 9.99. The molecule has 1 atom stereocenters. The lowest BCUT2D eigenvalue weighted by Crippen LogP contribution is -2.18. The van der Waals surface area contributed by atoms with Crippen molar-refractivity contribution >= 4 is 0 Å². The van der Waals surface area contributed by atoms with E-state index in [9.17, 15) is 5.11 Å². The van der Waals surface area contributed by atoms with Gasteiger partial charge in [-0.15, -0.1) is 0 Å². The van der Waals surface area contributed by atoms with Crippen LogP contribution in [0.15, 0.2) is 18.2 Å². The van der Waals surface area contributed by atoms with Crippen molar-refractivity contribution in [3.63, 3.8) is 0 Å². The minimum atomic E-state index is -0.527. The normalized spacial score (nSPS) is 12.5. The van der Waals surface area contributed by atoms with Gasteiger partial charge in [-0.1, -0.05) is 6.07 Å². The number of aliphatic hydroxyl groups is 1. The fourth-order valence-corrected chi connectivity index (χ4v) is 1.62. The van der Waals surface area contributed by atoms with Gasteiger partial charge in [0.15, 0.2) is 0 Å². The summed E-state index contributed by atoms with van der Waals surface area (Å²) in [5.74, 6) is 0.771. The van der Waals surface area contributed by atoms with Crippen molar-refractivity contribution in [1.82, 2.24) is 5.32 Å². The van der Waals surface area contributed by atoms with Crippen LogP contribution in [0.4, 0.5) is 0 Å². The topological polar surface area (TPSA) is 50.7 Å². The molecule has 4 heteroatoms. The van der Waals surface area contributed by atoms with E-state index in [1.54, 1.807) is 14.2 Å². The molecule has 1 aromatic carbocycles. The van der Waals surface area contributed by atoms with E-state index in [4.69, 9.17) is 9.47 Å². The smallest absolute Gasteiger partial charge is 0.119 e. The van der Waals surface area contributed by atoms with Crippen molar-refractivity contribution in [1.29, 1.82) is 0 Å². The van der Waals surface area contributed by atoms with Gasteiger partial charge in [-0.3, -0.25) is 0 Å². The quantitative estimate of drug-likeness (QED) is 0.761. The van der Waals surface area contributed by atoms with Crippen LogP contribution in [0.3, 0.4) is 0 Å². The molecule has 1 unspecified atom stereocenters. The van der Waals surface area contributed by atoms with Gasteiger partial charge in [0.2, 0.25) is 0 Å². The maximum atomic E-state index is 9.93. The summed E-state index contributed by atoms with van der Waals surface area (Å²) < 4.78 is 10.3. The van der Waals surface area contributed by atoms with Gasteiger partial charge in [-0.25, -0.2) is 0 Å². The van der Waals surface area contributed by atoms with Crippen LogP contribution in [0.1, 0.15) is 17.2 Å². The van der Waals surface area contributed by atoms with Crippen LogP contribution in [-0.2, 0) is 11.3 Å². The first-order chi connectivity index (χ1) is 7.72. The molecule has 90 valence electrons. The second kappa shape index (κ2) is 6.48. The van der Waals surface area contributed by atoms with Crippen LogP contribution in [0.5, 0.6) is 5.75 Å². The Balaban J connectivity index is 2.97. The van der Waals surface area contributed by atoms with Crippen molar-refractivity contribution in [2.24, 2.45) is 0 Å². The number of likely N-dealkylation sites (N-methyl/N-ethyl adjacent to an activating group) is 1. The molecule has 0 amide bonds. The second-order valence-electron chi connectivity index (χ2n) is 3.57. The van der Waals surface area contributed by atoms with E-state index in [-0.39, 0.29) is 0 Å². The average Bonchev–Trinajstić information content (AvgIpc) is 2.29. The molecule has 0 saturated heterocycles. The molecule has 1 aromatic rings. The van der Waals surface area contributed by atoms with Crippen molar-refractivity contribution in [2.75, 3.05) is 27.8 Å². The van der Waals surface area contributed by atoms with E-state index in [0.717, 1.165) is 16.9 Å². The van der Waals surface area contributed by atoms with Gasteiger partial charge < -0.3 is 19.9 Å². The highest BCUT2D eigenvalue weighted by molar-refractivity contribution is 5.36. The third-order valence-electron chi connectivity index (χ3n) is 2.41. The Morgan fingerprint density at radius 2 is 2.12 bits per heavy atom. The molecule has 0 fully saturated rings. The lowest BCUT2D eigenvalue weighted by molar-refractivity contribution is 0.161. The van der Waals surface area contributed by atoms with Crippen molar-refractivity contribution in [2.45, 2.75) is 12.7 Å². The molecule has 0 aliphatic carbocycles. The van der Waals surface area contributed by atoms with Gasteiger partial charge in [-0.05, 0) is 30.3 Å². The molecule has 0 saturated carbocycles. The van der Waals surface area contributed by atoms with E-state index >= 15 is 0 Å². The third-order valence-corrected chi connectivity index (χ3v) is 2.41. The summed E-state index contributed by atoms with van der Waals surface area (Å²) in [6.07, 6.45) is -0.527. The number of nitrogens with one attached hydrogen (secondary N) is 1. The van der Waals surface area contributed by atoms with Gasteiger partial charge >= 0.3 is 0 Å². The molecular weight excluding hydrogens is 206 g/mol. The van der Waals surface area contributed by atoms with Crippen LogP contribution >= 0.6 is 0 Å². The number of aliphatic hydroxyl groups excluding tert-OH is 1. The van der Waals surface area contributed by atoms with E-state index in [1.165, 1.54) is 0 Å². The van der Waals surface area contributed by atoms with Crippen LogP contribution in [0.2, 0.25) is 0 Å². The number of methoxy groups -OCH3 is 2. The third kappa shape index (κ3) is 3.20. The predicted molar refractivity (Wildman–Crippen MR) is 62.6 cm³/mol. The Bertz CT molecular complexity index is 328. The Morgan fingerprint density at radius 1 is 1.38 bits per heavy atom. The zero-order valence-electron chi connectivity index (χ0n) is 9.99. The van der Waals surface area contributed by atoms with E-state index < -0.39 is 6.10 Å². The summed E-state index contributed by atoms with van der Waals surface area (Å²) in [5, 5.41) is 12.9. The first-order valence-electron chi connectivity index (χ1n) is 5.21. The number of benzene rings is 1. The molecule has 0 bridgehead atoms. The van der Waals surface area contributed by atoms with Crippen molar-refractivity contribution in [3.8, 4) is 5.75 Å². The first-order valence-corrected chi connectivity index (χ1v) is 5.21. The fraction of sp³-hybridized carbons (Fsp3) is 0.500. The van der Waals surface area contributed by atoms with Crippen LogP contribution in [0, 0.1) is 0 Å². The van der Waals surface area contributed by atoms with E-state index in [2.05, 4.69) is 5.32 Å². The standard InChI is InChI=1S/C12H19NO3/c1-13-7-12(14)11-5-4-10(16-3)6-9(11)8-15-2/h4-6,12-14H,7-8H2,1-3H3. The van der Waals surface area contributed by atoms with Crippen molar-refractivity contribution in [3.05, 3.63) is 29.3 Å². The maximum absolute atomic E-state index is 9.93. The molecule has 4 nitrogen and oxygen atoms in total. The summed E-state index contributed by atoms with van der Waals surface area (Å²) in [7, 11) is 5.06. The Labute approximate surface area is 96.2 Å². The first kappa shape index (κ1) is 13.0. The van der Waals surface area contributed by atoms with Gasteiger partial charge in [0, 0.05) is 13.7 Å². The number of hydrogen-bond acceptors (Lipinski definition) is 4. The molecule has 0 radical (unpaired) electrons. The Hall–Kier alpha value is -1.10. The van der Waals surface area contributed by atoms with Gasteiger partial charge in [0.05, 0.1) is 19.8 Å². The monoisotopic (exact) mass is 225 g/mol. The molecule has 0 aromatic heterocycles. The summed E-state index contributed by atoms with van der Waals surface area (Å²) in [6.45, 7) is 0.982. The minimum Gasteiger partial charge on any atom is -0.497 e. The highest BCUT2D eigenvalue weighted by atomic mass is 16.5. The zero-order chi connectivity index (χ0) is 12.0. The Morgan fingerprint density at radius 3 is 2.69 bits per heavy atom. The summed E-state index contributed by atoms with van der Waals surface area (Å²) >= 11 is 0. The van der Waals surface area contributed by atoms with Crippen LogP contribution in [0.25, 0.3) is 0 Å². The molecular formula is C12H19NO3. The lowest BCUT2D eigenvalue weighted by atomic mass is 10.0. The van der Waals surface area contributed by atoms with Crippen LogP contribution < -0.4 is 10.1 Å². The average molecular weight is 225 g/mol. The molecule has 2 N–H and O–H groups in total. The molecule has 0 aliphatic heterocycles. The predicted octanol–water partition coefficient (Wildman–Crippen LogP) is 1.09. The molecule has 16 heavy (non-hydrogen) atoms. The summed E-state index contributed by atoms with van der Waals surface area (Å²) in [6, 6.07) is 5.60. The maximum Gasteiger partial charge on any atom is 0.119 e. The highest BCUT2D eigenvalue weighted by Gasteiger charge is 2.12. The van der Waals surface area contributed by atoms with Gasteiger partial charge in [0.25, 0.3) is 0 Å². The summed E-state index contributed by atoms with van der Waals surface area (Å²) in [4.78, 5) is 0. The fourth-order valence-electron chi connectivity index (χ4n) is 1.62. The lowest BCUT2D eigenvalue weighted by Gasteiger charge is -2.16. The van der Waals surface area contributed by atoms with Gasteiger partial charge in [-0.2, -0.15) is 0 Å². The van der Waals surface area contributed by atoms with E-state index in [1.807, 2.05) is 25.2 Å². The van der Waals surface area contributed by atoms with Gasteiger partial charge in [0.1, 0.15) is 5.75 Å². The minimum absolute atomic E-state index is 0.466. The van der Waals surface area contributed by atoms with E-state index in [0.29, 0.717) is 13.2 Å². The SMILES string of the molecule is CNCC(O)c1ccc(OC)cc1COC. The second-order valence-corrected chi connectivity index (χ2v) is 3.57. The number of rotatable bonds is 6. The molecule has 0 spiro atoms. The summed E-state index contributed by atoms with van der Waals surface area (Å²) in [5.41, 5.74) is 1.82. The largest absolute Gasteiger partial charge is 0.497 e. The van der Waals surface area contributed by atoms with Crippen LogP contribution in [-0.4, -0.2) is 32.9 Å². The molecule has 1 rings (SSSR count). The number of ether oxygens (including phenoxy) is 2.